The number of fused-ring (bicyclic) bond motifs is 3. The molecule has 0 unspecified atom stereocenters. The molecule has 5 heterocycles. The fraction of sp³-hybridized carbons (Fsp3) is 0.576. The van der Waals surface area contributed by atoms with Crippen molar-refractivity contribution in [1.82, 2.24) is 34.4 Å². The van der Waals surface area contributed by atoms with Gasteiger partial charge in [-0.3, -0.25) is 9.69 Å². The van der Waals surface area contributed by atoms with Crippen LogP contribution in [0.2, 0.25) is 0 Å². The zero-order valence-corrected chi connectivity index (χ0v) is 26.7. The first-order valence-electron chi connectivity index (χ1n) is 15.3. The number of aromatic nitrogens is 5. The molecule has 0 bridgehead atoms. The number of aryl methyl sites for hydroxylation is 1. The van der Waals surface area contributed by atoms with E-state index in [1.165, 1.54) is 17.5 Å². The van der Waals surface area contributed by atoms with E-state index in [0.717, 1.165) is 52.3 Å². The first-order chi connectivity index (χ1) is 19.7. The summed E-state index contributed by atoms with van der Waals surface area (Å²) in [7, 11) is 2.04. The highest BCUT2D eigenvalue weighted by Crippen LogP contribution is 2.57. The molecule has 0 aromatic carbocycles. The topological polar surface area (TPSA) is 94.5 Å². The lowest BCUT2D eigenvalue weighted by Gasteiger charge is -2.34. The molecule has 4 aromatic rings. The number of pyridine rings is 2. The summed E-state index contributed by atoms with van der Waals surface area (Å²) in [6.45, 7) is 19.5. The van der Waals surface area contributed by atoms with Crippen LogP contribution in [0.1, 0.15) is 77.0 Å². The van der Waals surface area contributed by atoms with Crippen molar-refractivity contribution < 1.29 is 4.79 Å². The Labute approximate surface area is 249 Å². The monoisotopic (exact) mass is 570 g/mol. The van der Waals surface area contributed by atoms with E-state index in [2.05, 4.69) is 104 Å². The summed E-state index contributed by atoms with van der Waals surface area (Å²) < 4.78 is 1.86. The first-order valence-corrected chi connectivity index (χ1v) is 15.3. The minimum absolute atomic E-state index is 0.0472. The van der Waals surface area contributed by atoms with Crippen molar-refractivity contribution in [3.8, 4) is 11.3 Å². The summed E-state index contributed by atoms with van der Waals surface area (Å²) in [6.07, 6.45) is 5.91. The average molecular weight is 571 g/mol. The molecule has 2 N–H and O–H groups in total. The highest BCUT2D eigenvalue weighted by Gasteiger charge is 2.53. The summed E-state index contributed by atoms with van der Waals surface area (Å²) in [4.78, 5) is 31.0. The van der Waals surface area contributed by atoms with Gasteiger partial charge in [0.2, 0.25) is 5.91 Å². The predicted molar refractivity (Wildman–Crippen MR) is 169 cm³/mol. The lowest BCUT2D eigenvalue weighted by molar-refractivity contribution is -0.133. The Hall–Kier alpha value is -3.46. The number of nitrogens with zero attached hydrogens (tertiary/aromatic N) is 6. The van der Waals surface area contributed by atoms with E-state index in [-0.39, 0.29) is 28.8 Å². The van der Waals surface area contributed by atoms with Gasteiger partial charge < -0.3 is 15.2 Å². The summed E-state index contributed by atoms with van der Waals surface area (Å²) in [5, 5.41) is 8.18. The SMILES string of the molecule is Cc1c(-c2[nH]c3ccc(N[C@H]4CN(C(=O)CN(C)C(C)(C)C)C[C@H]5C[C@]5(C)C4)nc3c2C(C)C)cn2ncnc2c1C. The van der Waals surface area contributed by atoms with Crippen molar-refractivity contribution >= 4 is 28.4 Å². The molecule has 1 saturated heterocycles. The van der Waals surface area contributed by atoms with Gasteiger partial charge in [0, 0.05) is 42.0 Å². The highest BCUT2D eigenvalue weighted by molar-refractivity contribution is 5.90. The number of rotatable bonds is 6. The molecule has 224 valence electrons. The number of nitrogens with one attached hydrogen (secondary N) is 2. The van der Waals surface area contributed by atoms with Crippen LogP contribution in [0.3, 0.4) is 0 Å². The number of amides is 1. The summed E-state index contributed by atoms with van der Waals surface area (Å²) in [5.41, 5.74) is 8.86. The highest BCUT2D eigenvalue weighted by atomic mass is 16.2. The van der Waals surface area contributed by atoms with Crippen molar-refractivity contribution in [2.24, 2.45) is 11.3 Å². The minimum atomic E-state index is -0.0472. The van der Waals surface area contributed by atoms with E-state index in [0.29, 0.717) is 19.0 Å². The maximum Gasteiger partial charge on any atom is 0.236 e. The Morgan fingerprint density at radius 1 is 1.19 bits per heavy atom. The van der Waals surface area contributed by atoms with Crippen LogP contribution in [-0.4, -0.2) is 78.5 Å². The zero-order valence-electron chi connectivity index (χ0n) is 26.7. The van der Waals surface area contributed by atoms with Crippen LogP contribution >= 0.6 is 0 Å². The molecule has 4 aromatic heterocycles. The lowest BCUT2D eigenvalue weighted by atomic mass is 9.95. The predicted octanol–water partition coefficient (Wildman–Crippen LogP) is 5.78. The largest absolute Gasteiger partial charge is 0.366 e. The number of likely N-dealkylation sites (tertiary alicyclic amines) is 1. The number of hydrogen-bond donors (Lipinski definition) is 2. The third-order valence-corrected chi connectivity index (χ3v) is 10.0. The van der Waals surface area contributed by atoms with Crippen LogP contribution < -0.4 is 5.32 Å². The minimum Gasteiger partial charge on any atom is -0.366 e. The first kappa shape index (κ1) is 28.6. The Morgan fingerprint density at radius 2 is 1.95 bits per heavy atom. The normalized spacial score (nSPS) is 22.7. The number of anilines is 1. The molecule has 6 rings (SSSR count). The Kier molecular flexibility index (Phi) is 6.87. The standard InChI is InChI=1S/C33H46N8O/c1-19(2)28-29(24-16-41-31(34-18-35-41)21(4)20(24)3)37-25-10-11-26(38-30(25)28)36-23-13-33(8)12-22(33)14-40(15-23)27(42)17-39(9)32(5,6)7/h10-11,16,18-19,22-23,37H,12-15,17H2,1-9H3,(H,36,38)/t22-,23-,33-/m1/s1. The number of carbonyl (C=O) groups is 1. The van der Waals surface area contributed by atoms with E-state index >= 15 is 0 Å². The summed E-state index contributed by atoms with van der Waals surface area (Å²) in [6, 6.07) is 4.36. The molecule has 3 atom stereocenters. The van der Waals surface area contributed by atoms with E-state index in [9.17, 15) is 4.79 Å². The van der Waals surface area contributed by atoms with Crippen molar-refractivity contribution in [3.05, 3.63) is 41.3 Å². The summed E-state index contributed by atoms with van der Waals surface area (Å²) >= 11 is 0. The molecular weight excluding hydrogens is 524 g/mol. The molecule has 1 amide bonds. The molecule has 9 heteroatoms. The lowest BCUT2D eigenvalue weighted by Crippen LogP contribution is -2.48. The quantitative estimate of drug-likeness (QED) is 0.305. The van der Waals surface area contributed by atoms with Gasteiger partial charge in [0.15, 0.2) is 5.65 Å². The second-order valence-electron chi connectivity index (χ2n) is 14.4. The van der Waals surface area contributed by atoms with Gasteiger partial charge in [0.25, 0.3) is 0 Å². The molecule has 1 aliphatic carbocycles. The van der Waals surface area contributed by atoms with Crippen LogP contribution in [0, 0.1) is 25.2 Å². The molecule has 9 nitrogen and oxygen atoms in total. The second kappa shape index (κ2) is 10.1. The van der Waals surface area contributed by atoms with Crippen molar-refractivity contribution in [3.63, 3.8) is 0 Å². The van der Waals surface area contributed by atoms with E-state index in [4.69, 9.17) is 4.98 Å². The van der Waals surface area contributed by atoms with Crippen LogP contribution in [0.5, 0.6) is 0 Å². The van der Waals surface area contributed by atoms with Gasteiger partial charge in [0.05, 0.1) is 23.3 Å². The van der Waals surface area contributed by atoms with Crippen molar-refractivity contribution in [2.45, 2.75) is 85.7 Å². The average Bonchev–Trinajstić information content (AvgIpc) is 3.22. The number of hydrogen-bond acceptors (Lipinski definition) is 6. The molecule has 2 fully saturated rings. The van der Waals surface area contributed by atoms with Gasteiger partial charge in [-0.15, -0.1) is 0 Å². The van der Waals surface area contributed by atoms with E-state index in [1.54, 1.807) is 6.33 Å². The number of H-pyrrole nitrogens is 1. The Bertz CT molecular complexity index is 1660. The Morgan fingerprint density at radius 3 is 2.67 bits per heavy atom. The molecule has 1 aliphatic heterocycles. The van der Waals surface area contributed by atoms with E-state index in [1.807, 2.05) is 11.6 Å². The van der Waals surface area contributed by atoms with Gasteiger partial charge >= 0.3 is 0 Å². The fourth-order valence-corrected chi connectivity index (χ4v) is 6.72. The number of aromatic amines is 1. The molecular formula is C33H46N8O. The maximum absolute atomic E-state index is 13.4. The molecule has 42 heavy (non-hydrogen) atoms. The molecule has 0 spiro atoms. The van der Waals surface area contributed by atoms with Gasteiger partial charge in [-0.25, -0.2) is 14.5 Å². The zero-order chi connectivity index (χ0) is 30.1. The van der Waals surface area contributed by atoms with Crippen molar-refractivity contribution in [1.29, 1.82) is 0 Å². The van der Waals surface area contributed by atoms with Crippen LogP contribution in [0.25, 0.3) is 27.9 Å². The molecule has 0 radical (unpaired) electrons. The third-order valence-electron chi connectivity index (χ3n) is 10.0. The Balaban J connectivity index is 1.31. The van der Waals surface area contributed by atoms with Crippen LogP contribution in [0.15, 0.2) is 24.7 Å². The number of likely N-dealkylation sites (N-methyl/N-ethyl adjacent to an activating group) is 1. The van der Waals surface area contributed by atoms with Gasteiger partial charge in [-0.2, -0.15) is 5.10 Å². The van der Waals surface area contributed by atoms with Gasteiger partial charge in [-0.05, 0) is 95.0 Å². The molecule has 1 saturated carbocycles. The molecule has 2 aliphatic rings. The van der Waals surface area contributed by atoms with Gasteiger partial charge in [-0.1, -0.05) is 20.8 Å². The van der Waals surface area contributed by atoms with Crippen molar-refractivity contribution in [2.75, 3.05) is 32.0 Å². The fourth-order valence-electron chi connectivity index (χ4n) is 6.72. The summed E-state index contributed by atoms with van der Waals surface area (Å²) in [5.74, 6) is 1.92. The van der Waals surface area contributed by atoms with Crippen LogP contribution in [0.4, 0.5) is 5.82 Å². The second-order valence-corrected chi connectivity index (χ2v) is 14.4. The third kappa shape index (κ3) is 5.06. The van der Waals surface area contributed by atoms with Crippen LogP contribution in [-0.2, 0) is 4.79 Å². The smallest absolute Gasteiger partial charge is 0.236 e. The maximum atomic E-state index is 13.4. The van der Waals surface area contributed by atoms with E-state index < -0.39 is 0 Å². The van der Waals surface area contributed by atoms with Gasteiger partial charge in [0.1, 0.15) is 12.1 Å². The number of carbonyl (C=O) groups excluding carboxylic acids is 1.